The summed E-state index contributed by atoms with van der Waals surface area (Å²) < 4.78 is 0. The average molecular weight is 206 g/mol. The van der Waals surface area contributed by atoms with Gasteiger partial charge in [0.2, 0.25) is 0 Å². The normalized spacial score (nSPS) is 14.7. The van der Waals surface area contributed by atoms with Crippen LogP contribution >= 0.6 is 0 Å². The van der Waals surface area contributed by atoms with Gasteiger partial charge >= 0.3 is 6.09 Å². The van der Waals surface area contributed by atoms with Crippen LogP contribution in [0, 0.1) is 0 Å². The van der Waals surface area contributed by atoms with Crippen molar-refractivity contribution in [2.24, 2.45) is 10.4 Å². The third-order valence-electron chi connectivity index (χ3n) is 2.00. The van der Waals surface area contributed by atoms with E-state index in [-0.39, 0.29) is 6.67 Å². The van der Waals surface area contributed by atoms with Crippen molar-refractivity contribution in [3.8, 4) is 0 Å². The van der Waals surface area contributed by atoms with Crippen LogP contribution in [0.15, 0.2) is 40.8 Å². The Labute approximate surface area is 86.4 Å². The topological polar surface area (TPSA) is 68.5 Å². The fraction of sp³-hybridized carbons (Fsp3) is 0.222. The molecule has 0 atom stereocenters. The van der Waals surface area contributed by atoms with Crippen molar-refractivity contribution in [1.82, 2.24) is 10.0 Å². The molecule has 1 aliphatic heterocycles. The predicted octanol–water partition coefficient (Wildman–Crippen LogP) is 1.72. The highest BCUT2D eigenvalue weighted by Crippen LogP contribution is 2.11. The van der Waals surface area contributed by atoms with Gasteiger partial charge in [0.25, 0.3) is 0 Å². The lowest BCUT2D eigenvalue weighted by Gasteiger charge is -2.12. The predicted molar refractivity (Wildman–Crippen MR) is 51.6 cm³/mol. The zero-order valence-electron chi connectivity index (χ0n) is 7.95. The summed E-state index contributed by atoms with van der Waals surface area (Å²) in [6, 6.07) is 9.70. The quantitative estimate of drug-likeness (QED) is 0.801. The van der Waals surface area contributed by atoms with Crippen molar-refractivity contribution in [3.05, 3.63) is 35.9 Å². The van der Waals surface area contributed by atoms with Crippen LogP contribution in [0.25, 0.3) is 0 Å². The van der Waals surface area contributed by atoms with Gasteiger partial charge in [0.05, 0.1) is 6.54 Å². The van der Waals surface area contributed by atoms with Crippen LogP contribution in [0.2, 0.25) is 0 Å². The van der Waals surface area contributed by atoms with Crippen molar-refractivity contribution < 1.29 is 9.90 Å². The Bertz CT molecular complexity index is 379. The van der Waals surface area contributed by atoms with Crippen LogP contribution < -0.4 is 0 Å². The standard InChI is InChI=1S/C9H10N4O2/c14-9(15)13-7-12(10-11-13)6-8-4-2-1-3-5-8/h1-5H,6-7H2,(H,14,15). The highest BCUT2D eigenvalue weighted by Gasteiger charge is 2.20. The van der Waals surface area contributed by atoms with Gasteiger partial charge < -0.3 is 5.11 Å². The van der Waals surface area contributed by atoms with Gasteiger partial charge in [-0.2, -0.15) is 5.01 Å². The number of hydrogen-bond donors (Lipinski definition) is 1. The van der Waals surface area contributed by atoms with Crippen molar-refractivity contribution in [2.75, 3.05) is 6.67 Å². The number of carbonyl (C=O) groups is 1. The van der Waals surface area contributed by atoms with Crippen LogP contribution in [0.4, 0.5) is 4.79 Å². The maximum absolute atomic E-state index is 10.5. The summed E-state index contributed by atoms with van der Waals surface area (Å²) in [5.41, 5.74) is 1.07. The first-order valence-corrected chi connectivity index (χ1v) is 4.46. The summed E-state index contributed by atoms with van der Waals surface area (Å²) in [4.78, 5) is 10.5. The molecule has 2 rings (SSSR count). The van der Waals surface area contributed by atoms with Crippen LogP contribution in [0.3, 0.4) is 0 Å². The Balaban J connectivity index is 1.94. The summed E-state index contributed by atoms with van der Waals surface area (Å²) >= 11 is 0. The SMILES string of the molecule is O=C(O)N1CN(Cc2ccccc2)N=N1. The lowest BCUT2D eigenvalue weighted by molar-refractivity contribution is 0.135. The van der Waals surface area contributed by atoms with Gasteiger partial charge in [0.1, 0.15) is 6.67 Å². The molecule has 1 aromatic carbocycles. The molecule has 1 amide bonds. The van der Waals surface area contributed by atoms with Gasteiger partial charge in [0.15, 0.2) is 0 Å². The van der Waals surface area contributed by atoms with Crippen LogP contribution in [-0.2, 0) is 6.54 Å². The molecular weight excluding hydrogens is 196 g/mol. The summed E-state index contributed by atoms with van der Waals surface area (Å²) in [6.45, 7) is 0.748. The Morgan fingerprint density at radius 1 is 1.33 bits per heavy atom. The molecule has 1 aromatic rings. The van der Waals surface area contributed by atoms with Crippen LogP contribution in [0.1, 0.15) is 5.56 Å². The minimum atomic E-state index is -1.09. The number of hydrogen-bond acceptors (Lipinski definition) is 4. The van der Waals surface area contributed by atoms with Crippen LogP contribution in [-0.4, -0.2) is 27.9 Å². The lowest BCUT2D eigenvalue weighted by atomic mass is 10.2. The zero-order chi connectivity index (χ0) is 10.7. The fourth-order valence-electron chi connectivity index (χ4n) is 1.29. The molecule has 15 heavy (non-hydrogen) atoms. The number of nitrogens with zero attached hydrogens (tertiary/aromatic N) is 4. The maximum atomic E-state index is 10.5. The second-order valence-electron chi connectivity index (χ2n) is 3.15. The molecule has 1 aliphatic rings. The molecule has 0 bridgehead atoms. The Morgan fingerprint density at radius 2 is 2.07 bits per heavy atom. The first-order chi connectivity index (χ1) is 7.25. The minimum Gasteiger partial charge on any atom is -0.464 e. The van der Waals surface area contributed by atoms with Crippen LogP contribution in [0.5, 0.6) is 0 Å². The molecule has 0 saturated heterocycles. The largest absolute Gasteiger partial charge is 0.464 e. The zero-order valence-corrected chi connectivity index (χ0v) is 7.95. The van der Waals surface area contributed by atoms with Crippen molar-refractivity contribution >= 4 is 6.09 Å². The summed E-state index contributed by atoms with van der Waals surface area (Å²) in [7, 11) is 0. The molecule has 0 aromatic heterocycles. The molecular formula is C9H10N4O2. The van der Waals surface area contributed by atoms with Gasteiger partial charge in [-0.15, -0.1) is 0 Å². The lowest BCUT2D eigenvalue weighted by Crippen LogP contribution is -2.28. The van der Waals surface area contributed by atoms with E-state index in [1.54, 1.807) is 5.01 Å². The summed E-state index contributed by atoms with van der Waals surface area (Å²) in [6.07, 6.45) is -1.09. The van der Waals surface area contributed by atoms with Gasteiger partial charge in [-0.05, 0) is 10.8 Å². The van der Waals surface area contributed by atoms with E-state index in [1.807, 2.05) is 30.3 Å². The van der Waals surface area contributed by atoms with E-state index in [4.69, 9.17) is 5.11 Å². The molecule has 1 heterocycles. The third-order valence-corrected chi connectivity index (χ3v) is 2.00. The number of benzene rings is 1. The number of amides is 1. The first kappa shape index (κ1) is 9.45. The second kappa shape index (κ2) is 3.95. The molecule has 0 saturated carbocycles. The average Bonchev–Trinajstić information content (AvgIpc) is 2.68. The maximum Gasteiger partial charge on any atom is 0.431 e. The monoisotopic (exact) mass is 206 g/mol. The molecule has 6 heteroatoms. The van der Waals surface area contributed by atoms with E-state index >= 15 is 0 Å². The van der Waals surface area contributed by atoms with E-state index in [2.05, 4.69) is 10.4 Å². The summed E-state index contributed by atoms with van der Waals surface area (Å²) in [5, 5.41) is 18.4. The summed E-state index contributed by atoms with van der Waals surface area (Å²) in [5.74, 6) is 0. The van der Waals surface area contributed by atoms with Gasteiger partial charge in [-0.1, -0.05) is 35.6 Å². The molecule has 0 aliphatic carbocycles. The van der Waals surface area contributed by atoms with Crippen molar-refractivity contribution in [2.45, 2.75) is 6.54 Å². The highest BCUT2D eigenvalue weighted by molar-refractivity contribution is 5.64. The van der Waals surface area contributed by atoms with E-state index in [0.717, 1.165) is 10.6 Å². The van der Waals surface area contributed by atoms with E-state index in [1.165, 1.54) is 0 Å². The molecule has 0 radical (unpaired) electrons. The smallest absolute Gasteiger partial charge is 0.431 e. The Hall–Kier alpha value is -2.11. The molecule has 78 valence electrons. The molecule has 0 spiro atoms. The second-order valence-corrected chi connectivity index (χ2v) is 3.15. The van der Waals surface area contributed by atoms with E-state index in [0.29, 0.717) is 6.54 Å². The number of rotatable bonds is 2. The first-order valence-electron chi connectivity index (χ1n) is 4.46. The Kier molecular flexibility index (Phi) is 2.49. The number of carboxylic acid groups (broad SMARTS) is 1. The highest BCUT2D eigenvalue weighted by atomic mass is 16.4. The van der Waals surface area contributed by atoms with Gasteiger partial charge in [0, 0.05) is 0 Å². The molecule has 1 N–H and O–H groups in total. The molecule has 6 nitrogen and oxygen atoms in total. The fourth-order valence-corrected chi connectivity index (χ4v) is 1.29. The van der Waals surface area contributed by atoms with Gasteiger partial charge in [-0.25, -0.2) is 4.79 Å². The van der Waals surface area contributed by atoms with E-state index < -0.39 is 6.09 Å². The Morgan fingerprint density at radius 3 is 2.67 bits per heavy atom. The van der Waals surface area contributed by atoms with Crippen molar-refractivity contribution in [3.63, 3.8) is 0 Å². The third kappa shape index (κ3) is 2.22. The molecule has 0 fully saturated rings. The minimum absolute atomic E-state index is 0.185. The van der Waals surface area contributed by atoms with Crippen molar-refractivity contribution in [1.29, 1.82) is 0 Å². The van der Waals surface area contributed by atoms with Gasteiger partial charge in [-0.3, -0.25) is 5.01 Å². The van der Waals surface area contributed by atoms with E-state index in [9.17, 15) is 4.79 Å². The molecule has 0 unspecified atom stereocenters.